The summed E-state index contributed by atoms with van der Waals surface area (Å²) in [5.74, 6) is 4.22. The lowest BCUT2D eigenvalue weighted by atomic mass is 10.3. The molecule has 270 valence electrons. The first kappa shape index (κ1) is 36.9. The molecule has 0 heterocycles. The fourth-order valence-corrected chi connectivity index (χ4v) is 8.20. The van der Waals surface area contributed by atoms with Gasteiger partial charge in [-0.3, -0.25) is 0 Å². The predicted molar refractivity (Wildman–Crippen MR) is 212 cm³/mol. The summed E-state index contributed by atoms with van der Waals surface area (Å²) in [4.78, 5) is 0.526. The Hall–Kier alpha value is -5.40. The van der Waals surface area contributed by atoms with Gasteiger partial charge in [-0.05, 0) is 170 Å². The molecule has 0 aliphatic carbocycles. The maximum Gasteiger partial charge on any atom is 0.206 e. The summed E-state index contributed by atoms with van der Waals surface area (Å²) in [5.41, 5.74) is 0. The van der Waals surface area contributed by atoms with Crippen LogP contribution in [0.1, 0.15) is 0 Å². The van der Waals surface area contributed by atoms with E-state index in [9.17, 15) is 16.8 Å². The van der Waals surface area contributed by atoms with E-state index in [1.165, 1.54) is 48.5 Å². The minimum Gasteiger partial charge on any atom is -0.457 e. The summed E-state index contributed by atoms with van der Waals surface area (Å²) in [6.45, 7) is 0. The Morgan fingerprint density at radius 1 is 0.259 bits per heavy atom. The molecule has 0 radical (unpaired) electrons. The summed E-state index contributed by atoms with van der Waals surface area (Å²) < 4.78 is 78.4. The zero-order valence-electron chi connectivity index (χ0n) is 28.0. The highest BCUT2D eigenvalue weighted by Gasteiger charge is 2.19. The number of ether oxygens (including phenoxy) is 4. The third-order valence-electron chi connectivity index (χ3n) is 7.93. The van der Waals surface area contributed by atoms with Crippen molar-refractivity contribution in [3.63, 3.8) is 0 Å². The first-order chi connectivity index (χ1) is 26.0. The second-order valence-corrected chi connectivity index (χ2v) is 17.4. The highest BCUT2D eigenvalue weighted by molar-refractivity contribution is 9.10. The number of rotatable bonds is 12. The third kappa shape index (κ3) is 8.86. The molecule has 0 fully saturated rings. The zero-order chi connectivity index (χ0) is 37.7. The zero-order valence-corrected chi connectivity index (χ0v) is 32.8. The van der Waals surface area contributed by atoms with Gasteiger partial charge in [0.05, 0.1) is 19.6 Å². The second-order valence-electron chi connectivity index (χ2n) is 11.7. The van der Waals surface area contributed by atoms with Crippen LogP contribution in [0.15, 0.2) is 198 Å². The Bertz CT molecular complexity index is 2390. The second kappa shape index (κ2) is 15.9. The lowest BCUT2D eigenvalue weighted by molar-refractivity contribution is 0.469. The average Bonchev–Trinajstić information content (AvgIpc) is 3.18. The van der Waals surface area contributed by atoms with Gasteiger partial charge in [0, 0.05) is 8.95 Å². The van der Waals surface area contributed by atoms with Crippen molar-refractivity contribution in [2.45, 2.75) is 19.6 Å². The third-order valence-corrected chi connectivity index (χ3v) is 12.6. The van der Waals surface area contributed by atoms with Crippen LogP contribution in [0.3, 0.4) is 0 Å². The summed E-state index contributed by atoms with van der Waals surface area (Å²) >= 11 is 6.77. The van der Waals surface area contributed by atoms with Crippen molar-refractivity contribution in [2.24, 2.45) is 0 Å². The van der Waals surface area contributed by atoms with Crippen molar-refractivity contribution in [2.75, 3.05) is 0 Å². The SMILES string of the molecule is O=S(=O)(c1ccc(Oc2ccc(Br)cc2)cc1)c1ccc(Oc2ccc(Oc3ccc(S(=O)(=O)c4ccc(Oc5ccc(Br)cc5)cc4)cc3)cc2)cc1. The Labute approximate surface area is 329 Å². The van der Waals surface area contributed by atoms with Gasteiger partial charge < -0.3 is 18.9 Å². The van der Waals surface area contributed by atoms with Crippen LogP contribution < -0.4 is 18.9 Å². The van der Waals surface area contributed by atoms with E-state index in [0.717, 1.165) is 8.95 Å². The van der Waals surface area contributed by atoms with E-state index in [4.69, 9.17) is 18.9 Å². The lowest BCUT2D eigenvalue weighted by Gasteiger charge is -2.11. The molecule has 54 heavy (non-hydrogen) atoms. The van der Waals surface area contributed by atoms with Crippen LogP contribution in [0, 0.1) is 0 Å². The molecule has 12 heteroatoms. The predicted octanol–water partition coefficient (Wildman–Crippen LogP) is 12.0. The van der Waals surface area contributed by atoms with E-state index in [2.05, 4.69) is 31.9 Å². The lowest BCUT2D eigenvalue weighted by Crippen LogP contribution is -2.02. The van der Waals surface area contributed by atoms with Crippen LogP contribution in [-0.2, 0) is 19.7 Å². The van der Waals surface area contributed by atoms with Crippen molar-refractivity contribution in [3.05, 3.63) is 179 Å². The molecule has 7 rings (SSSR count). The molecule has 7 aromatic rings. The first-order valence-electron chi connectivity index (χ1n) is 16.2. The van der Waals surface area contributed by atoms with Crippen molar-refractivity contribution < 1.29 is 35.8 Å². The van der Waals surface area contributed by atoms with Crippen LogP contribution in [-0.4, -0.2) is 16.8 Å². The first-order valence-corrected chi connectivity index (χ1v) is 20.8. The van der Waals surface area contributed by atoms with Crippen LogP contribution in [0.5, 0.6) is 46.0 Å². The summed E-state index contributed by atoms with van der Waals surface area (Å²) in [7, 11) is -7.54. The van der Waals surface area contributed by atoms with E-state index in [1.54, 1.807) is 72.8 Å². The molecule has 0 saturated carbocycles. The molecule has 0 aliphatic rings. The Kier molecular flexibility index (Phi) is 10.9. The minimum absolute atomic E-state index is 0.124. The highest BCUT2D eigenvalue weighted by atomic mass is 79.9. The van der Waals surface area contributed by atoms with Crippen LogP contribution >= 0.6 is 31.9 Å². The van der Waals surface area contributed by atoms with E-state index < -0.39 is 19.7 Å². The van der Waals surface area contributed by atoms with Gasteiger partial charge in [0.1, 0.15) is 46.0 Å². The summed E-state index contributed by atoms with van der Waals surface area (Å²) in [6, 6.07) is 46.3. The molecule has 0 N–H and O–H groups in total. The van der Waals surface area contributed by atoms with Crippen molar-refractivity contribution in [3.8, 4) is 46.0 Å². The molecule has 0 aromatic heterocycles. The van der Waals surface area contributed by atoms with Gasteiger partial charge in [0.2, 0.25) is 19.7 Å². The number of halogens is 2. The van der Waals surface area contributed by atoms with Gasteiger partial charge in [-0.2, -0.15) is 0 Å². The largest absolute Gasteiger partial charge is 0.457 e. The average molecular weight is 885 g/mol. The standard InChI is InChI=1S/C42H28Br2O8S2/c43-29-1-5-31(6-2-29)49-35-13-21-39(22-14-35)53(45,46)41-25-17-37(18-26-41)51-33-9-11-34(12-10-33)52-38-19-27-42(28-20-38)54(47,48)40-23-15-36(16-24-40)50-32-7-3-30(44)4-8-32/h1-28H. The molecule has 0 bridgehead atoms. The topological polar surface area (TPSA) is 105 Å². The Morgan fingerprint density at radius 2 is 0.407 bits per heavy atom. The van der Waals surface area contributed by atoms with E-state index in [-0.39, 0.29) is 19.6 Å². The van der Waals surface area contributed by atoms with Crippen molar-refractivity contribution >= 4 is 51.5 Å². The molecular weight excluding hydrogens is 856 g/mol. The molecule has 7 aromatic carbocycles. The minimum atomic E-state index is -3.77. The highest BCUT2D eigenvalue weighted by Crippen LogP contribution is 2.32. The van der Waals surface area contributed by atoms with Gasteiger partial charge in [-0.1, -0.05) is 31.9 Å². The number of benzene rings is 7. The number of hydrogen-bond donors (Lipinski definition) is 0. The molecule has 0 spiro atoms. The molecule has 0 unspecified atom stereocenters. The smallest absolute Gasteiger partial charge is 0.206 e. The molecular formula is C42H28Br2O8S2. The Morgan fingerprint density at radius 3 is 0.593 bits per heavy atom. The van der Waals surface area contributed by atoms with Gasteiger partial charge in [-0.25, -0.2) is 16.8 Å². The van der Waals surface area contributed by atoms with Crippen LogP contribution in [0.4, 0.5) is 0 Å². The molecule has 8 nitrogen and oxygen atoms in total. The number of hydrogen-bond acceptors (Lipinski definition) is 8. The van der Waals surface area contributed by atoms with Gasteiger partial charge >= 0.3 is 0 Å². The van der Waals surface area contributed by atoms with Crippen molar-refractivity contribution in [1.82, 2.24) is 0 Å². The monoisotopic (exact) mass is 882 g/mol. The van der Waals surface area contributed by atoms with Crippen molar-refractivity contribution in [1.29, 1.82) is 0 Å². The molecule has 0 saturated heterocycles. The fourth-order valence-electron chi connectivity index (χ4n) is 5.14. The van der Waals surface area contributed by atoms with Gasteiger partial charge in [-0.15, -0.1) is 0 Å². The molecule has 0 amide bonds. The molecule has 0 atom stereocenters. The fraction of sp³-hybridized carbons (Fsp3) is 0. The summed E-state index contributed by atoms with van der Waals surface area (Å²) in [5, 5.41) is 0. The van der Waals surface area contributed by atoms with Crippen LogP contribution in [0.2, 0.25) is 0 Å². The normalized spacial score (nSPS) is 11.4. The Balaban J connectivity index is 0.933. The molecule has 0 aliphatic heterocycles. The van der Waals surface area contributed by atoms with E-state index in [0.29, 0.717) is 46.0 Å². The van der Waals surface area contributed by atoms with Gasteiger partial charge in [0.15, 0.2) is 0 Å². The van der Waals surface area contributed by atoms with Gasteiger partial charge in [0.25, 0.3) is 0 Å². The number of sulfone groups is 2. The van der Waals surface area contributed by atoms with Crippen LogP contribution in [0.25, 0.3) is 0 Å². The van der Waals surface area contributed by atoms with E-state index >= 15 is 0 Å². The quantitative estimate of drug-likeness (QED) is 0.119. The maximum atomic E-state index is 13.3. The van der Waals surface area contributed by atoms with E-state index in [1.807, 2.05) is 48.5 Å². The maximum absolute atomic E-state index is 13.3. The summed E-state index contributed by atoms with van der Waals surface area (Å²) in [6.07, 6.45) is 0.